The Bertz CT molecular complexity index is 899. The van der Waals surface area contributed by atoms with Gasteiger partial charge in [0.2, 0.25) is 0 Å². The molecule has 0 aliphatic heterocycles. The Kier molecular flexibility index (Phi) is 5.24. The van der Waals surface area contributed by atoms with E-state index in [1.165, 1.54) is 0 Å². The molecule has 0 spiro atoms. The number of hydrogen-bond acceptors (Lipinski definition) is 5. The lowest BCUT2D eigenvalue weighted by atomic mass is 10.1. The Morgan fingerprint density at radius 2 is 1.81 bits per heavy atom. The highest BCUT2D eigenvalue weighted by atomic mass is 16.5. The molecular formula is C20H19NO5. The van der Waals surface area contributed by atoms with Crippen LogP contribution in [0, 0.1) is 0 Å². The van der Waals surface area contributed by atoms with Gasteiger partial charge in [0, 0.05) is 11.3 Å². The van der Waals surface area contributed by atoms with Crippen molar-refractivity contribution in [2.75, 3.05) is 19.5 Å². The molecule has 0 aliphatic carbocycles. The molecule has 134 valence electrons. The van der Waals surface area contributed by atoms with Gasteiger partial charge in [0.25, 0.3) is 5.91 Å². The van der Waals surface area contributed by atoms with E-state index in [4.69, 9.17) is 13.9 Å². The SMILES string of the molecule is COc1ccc(C(=O)Nc2ccc(OC)c(-c3ccc(CO)o3)c2)cc1. The second kappa shape index (κ2) is 7.76. The summed E-state index contributed by atoms with van der Waals surface area (Å²) in [6, 6.07) is 15.6. The van der Waals surface area contributed by atoms with Gasteiger partial charge in [-0.15, -0.1) is 0 Å². The van der Waals surface area contributed by atoms with Gasteiger partial charge in [-0.2, -0.15) is 0 Å². The van der Waals surface area contributed by atoms with Crippen molar-refractivity contribution < 1.29 is 23.8 Å². The van der Waals surface area contributed by atoms with Gasteiger partial charge in [-0.05, 0) is 54.6 Å². The number of anilines is 1. The molecule has 1 aromatic heterocycles. The van der Waals surface area contributed by atoms with Crippen LogP contribution in [0.1, 0.15) is 16.1 Å². The highest BCUT2D eigenvalue weighted by Crippen LogP contribution is 2.34. The van der Waals surface area contributed by atoms with Crippen LogP contribution in [0.4, 0.5) is 5.69 Å². The van der Waals surface area contributed by atoms with Crippen LogP contribution in [0.25, 0.3) is 11.3 Å². The molecule has 2 N–H and O–H groups in total. The van der Waals surface area contributed by atoms with Crippen molar-refractivity contribution in [3.05, 3.63) is 65.9 Å². The molecule has 0 saturated heterocycles. The highest BCUT2D eigenvalue weighted by Gasteiger charge is 2.13. The topological polar surface area (TPSA) is 80.9 Å². The number of carbonyl (C=O) groups is 1. The van der Waals surface area contributed by atoms with E-state index >= 15 is 0 Å². The number of methoxy groups -OCH3 is 2. The zero-order valence-electron chi connectivity index (χ0n) is 14.5. The largest absolute Gasteiger partial charge is 0.497 e. The number of carbonyl (C=O) groups excluding carboxylic acids is 1. The normalized spacial score (nSPS) is 10.4. The average Bonchev–Trinajstić information content (AvgIpc) is 3.17. The molecule has 6 heteroatoms. The number of rotatable bonds is 6. The van der Waals surface area contributed by atoms with Crippen molar-refractivity contribution in [3.8, 4) is 22.8 Å². The first kappa shape index (κ1) is 17.6. The van der Waals surface area contributed by atoms with Crippen molar-refractivity contribution in [1.82, 2.24) is 0 Å². The van der Waals surface area contributed by atoms with Crippen LogP contribution in [0.5, 0.6) is 11.5 Å². The Morgan fingerprint density at radius 3 is 2.42 bits per heavy atom. The fourth-order valence-corrected chi connectivity index (χ4v) is 2.53. The summed E-state index contributed by atoms with van der Waals surface area (Å²) in [4.78, 5) is 12.4. The van der Waals surface area contributed by atoms with E-state index in [0.717, 1.165) is 0 Å². The summed E-state index contributed by atoms with van der Waals surface area (Å²) in [5.41, 5.74) is 1.80. The first-order chi connectivity index (χ1) is 12.6. The van der Waals surface area contributed by atoms with E-state index in [1.807, 2.05) is 0 Å². The van der Waals surface area contributed by atoms with E-state index in [0.29, 0.717) is 39.8 Å². The molecule has 6 nitrogen and oxygen atoms in total. The number of benzene rings is 2. The molecule has 3 aromatic rings. The molecule has 26 heavy (non-hydrogen) atoms. The maximum Gasteiger partial charge on any atom is 0.255 e. The molecule has 3 rings (SSSR count). The molecule has 0 unspecified atom stereocenters. The Hall–Kier alpha value is -3.25. The van der Waals surface area contributed by atoms with Crippen LogP contribution in [0.3, 0.4) is 0 Å². The number of aliphatic hydroxyl groups excluding tert-OH is 1. The monoisotopic (exact) mass is 353 g/mol. The minimum absolute atomic E-state index is 0.184. The molecule has 0 bridgehead atoms. The van der Waals surface area contributed by atoms with Crippen molar-refractivity contribution >= 4 is 11.6 Å². The average molecular weight is 353 g/mol. The number of hydrogen-bond donors (Lipinski definition) is 2. The first-order valence-electron chi connectivity index (χ1n) is 7.98. The fraction of sp³-hybridized carbons (Fsp3) is 0.150. The highest BCUT2D eigenvalue weighted by molar-refractivity contribution is 6.04. The number of aliphatic hydroxyl groups is 1. The van der Waals surface area contributed by atoms with Gasteiger partial charge in [0.15, 0.2) is 0 Å². The van der Waals surface area contributed by atoms with Gasteiger partial charge < -0.3 is 24.3 Å². The molecule has 0 radical (unpaired) electrons. The third kappa shape index (κ3) is 3.70. The lowest BCUT2D eigenvalue weighted by Gasteiger charge is -2.11. The summed E-state index contributed by atoms with van der Waals surface area (Å²) in [6.07, 6.45) is 0. The zero-order valence-corrected chi connectivity index (χ0v) is 14.5. The van der Waals surface area contributed by atoms with Crippen molar-refractivity contribution in [1.29, 1.82) is 0 Å². The van der Waals surface area contributed by atoms with Gasteiger partial charge >= 0.3 is 0 Å². The number of furan rings is 1. The van der Waals surface area contributed by atoms with E-state index in [-0.39, 0.29) is 12.5 Å². The molecule has 2 aromatic carbocycles. The van der Waals surface area contributed by atoms with Crippen LogP contribution in [0.15, 0.2) is 59.0 Å². The van der Waals surface area contributed by atoms with E-state index < -0.39 is 0 Å². The summed E-state index contributed by atoms with van der Waals surface area (Å²) in [6.45, 7) is -0.184. The molecule has 1 heterocycles. The minimum atomic E-state index is -0.237. The van der Waals surface area contributed by atoms with Crippen LogP contribution in [-0.4, -0.2) is 25.2 Å². The van der Waals surface area contributed by atoms with Crippen LogP contribution in [-0.2, 0) is 6.61 Å². The predicted octanol–water partition coefficient (Wildman–Crippen LogP) is 3.71. The zero-order chi connectivity index (χ0) is 18.5. The van der Waals surface area contributed by atoms with Gasteiger partial charge in [-0.1, -0.05) is 0 Å². The lowest BCUT2D eigenvalue weighted by molar-refractivity contribution is 0.102. The van der Waals surface area contributed by atoms with E-state index in [1.54, 1.807) is 68.8 Å². The van der Waals surface area contributed by atoms with Gasteiger partial charge in [0.05, 0.1) is 19.8 Å². The molecule has 1 amide bonds. The molecule has 0 aliphatic rings. The second-order valence-electron chi connectivity index (χ2n) is 5.52. The summed E-state index contributed by atoms with van der Waals surface area (Å²) in [5.74, 6) is 2.05. The fourth-order valence-electron chi connectivity index (χ4n) is 2.53. The van der Waals surface area contributed by atoms with Gasteiger partial charge in [-0.3, -0.25) is 4.79 Å². The maximum atomic E-state index is 12.4. The molecular weight excluding hydrogens is 334 g/mol. The minimum Gasteiger partial charge on any atom is -0.497 e. The van der Waals surface area contributed by atoms with Crippen molar-refractivity contribution in [2.45, 2.75) is 6.61 Å². The first-order valence-corrected chi connectivity index (χ1v) is 7.98. The van der Waals surface area contributed by atoms with Crippen LogP contribution in [0.2, 0.25) is 0 Å². The summed E-state index contributed by atoms with van der Waals surface area (Å²) < 4.78 is 16.0. The summed E-state index contributed by atoms with van der Waals surface area (Å²) >= 11 is 0. The van der Waals surface area contributed by atoms with E-state index in [9.17, 15) is 9.90 Å². The third-order valence-corrected chi connectivity index (χ3v) is 3.89. The molecule has 0 atom stereocenters. The number of amides is 1. The van der Waals surface area contributed by atoms with Gasteiger partial charge in [-0.25, -0.2) is 0 Å². The quantitative estimate of drug-likeness (QED) is 0.706. The molecule has 0 fully saturated rings. The summed E-state index contributed by atoms with van der Waals surface area (Å²) in [7, 11) is 3.13. The van der Waals surface area contributed by atoms with Crippen LogP contribution < -0.4 is 14.8 Å². The van der Waals surface area contributed by atoms with Crippen molar-refractivity contribution in [2.24, 2.45) is 0 Å². The van der Waals surface area contributed by atoms with Crippen molar-refractivity contribution in [3.63, 3.8) is 0 Å². The number of ether oxygens (including phenoxy) is 2. The molecule has 0 saturated carbocycles. The maximum absolute atomic E-state index is 12.4. The lowest BCUT2D eigenvalue weighted by Crippen LogP contribution is -2.11. The van der Waals surface area contributed by atoms with E-state index in [2.05, 4.69) is 5.32 Å². The standard InChI is InChI=1S/C20H19NO5/c1-24-15-6-3-13(4-7-15)20(23)21-14-5-9-18(25-2)17(11-14)19-10-8-16(12-22)26-19/h3-11,22H,12H2,1-2H3,(H,21,23). The number of nitrogens with one attached hydrogen (secondary N) is 1. The van der Waals surface area contributed by atoms with Crippen LogP contribution >= 0.6 is 0 Å². The third-order valence-electron chi connectivity index (χ3n) is 3.89. The Balaban J connectivity index is 1.85. The smallest absolute Gasteiger partial charge is 0.255 e. The summed E-state index contributed by atoms with van der Waals surface area (Å²) in [5, 5.41) is 12.0. The van der Waals surface area contributed by atoms with Gasteiger partial charge in [0.1, 0.15) is 29.6 Å². The Labute approximate surface area is 151 Å². The Morgan fingerprint density at radius 1 is 1.04 bits per heavy atom. The predicted molar refractivity (Wildman–Crippen MR) is 97.6 cm³/mol. The second-order valence-corrected chi connectivity index (χ2v) is 5.52.